The van der Waals surface area contributed by atoms with Crippen molar-refractivity contribution in [1.82, 2.24) is 25.3 Å². The Morgan fingerprint density at radius 2 is 1.87 bits per heavy atom. The maximum absolute atomic E-state index is 12.9. The minimum absolute atomic E-state index is 0.0370. The largest absolute Gasteiger partial charge is 0.332 e. The summed E-state index contributed by atoms with van der Waals surface area (Å²) in [6.45, 7) is 0.0806. The number of amides is 3. The van der Waals surface area contributed by atoms with E-state index in [4.69, 9.17) is 0 Å². The highest BCUT2D eigenvalue weighted by Crippen LogP contribution is 2.25. The first-order valence-electron chi connectivity index (χ1n) is 8.90. The molecule has 0 fully saturated rings. The first-order valence-corrected chi connectivity index (χ1v) is 9.72. The smallest absolute Gasteiger partial charge is 0.319 e. The van der Waals surface area contributed by atoms with Crippen molar-refractivity contribution < 1.29 is 14.0 Å². The van der Waals surface area contributed by atoms with Gasteiger partial charge in [-0.3, -0.25) is 4.79 Å². The van der Waals surface area contributed by atoms with Gasteiger partial charge in [-0.1, -0.05) is 28.7 Å². The molecule has 3 N–H and O–H groups in total. The molecule has 9 nitrogen and oxygen atoms in total. The predicted molar refractivity (Wildman–Crippen MR) is 111 cm³/mol. The summed E-state index contributed by atoms with van der Waals surface area (Å²) in [5, 5.41) is 16.3. The summed E-state index contributed by atoms with van der Waals surface area (Å²) in [4.78, 5) is 28.5. The van der Waals surface area contributed by atoms with Crippen LogP contribution in [0.4, 0.5) is 20.0 Å². The molecule has 0 bridgehead atoms. The third-order valence-corrected chi connectivity index (χ3v) is 4.92. The Labute approximate surface area is 173 Å². The zero-order valence-electron chi connectivity index (χ0n) is 15.5. The SMILES string of the molecule is O=C(Cn1cc(CNC(=O)Nc2ccc(F)cc2)nn1)Nc1nc2ccccc2s1. The molecular formula is C19H16FN7O2S. The van der Waals surface area contributed by atoms with E-state index in [1.54, 1.807) is 6.20 Å². The lowest BCUT2D eigenvalue weighted by atomic mass is 10.3. The van der Waals surface area contributed by atoms with Gasteiger partial charge in [0.05, 0.1) is 23.0 Å². The topological polar surface area (TPSA) is 114 Å². The number of carbonyl (C=O) groups is 2. The Bertz CT molecular complexity index is 1160. The highest BCUT2D eigenvalue weighted by molar-refractivity contribution is 7.22. The molecule has 3 amide bonds. The molecule has 0 aliphatic carbocycles. The summed E-state index contributed by atoms with van der Waals surface area (Å²) in [7, 11) is 0. The molecule has 0 atom stereocenters. The molecule has 0 saturated carbocycles. The number of benzene rings is 2. The summed E-state index contributed by atoms with van der Waals surface area (Å²) in [6.07, 6.45) is 1.57. The third-order valence-electron chi connectivity index (χ3n) is 3.96. The Hall–Kier alpha value is -3.86. The van der Waals surface area contributed by atoms with Gasteiger partial charge < -0.3 is 16.0 Å². The van der Waals surface area contributed by atoms with Gasteiger partial charge >= 0.3 is 6.03 Å². The van der Waals surface area contributed by atoms with Gasteiger partial charge in [0.1, 0.15) is 18.1 Å². The van der Waals surface area contributed by atoms with Gasteiger partial charge in [-0.15, -0.1) is 5.10 Å². The second-order valence-corrected chi connectivity index (χ2v) is 7.29. The Kier molecular flexibility index (Phi) is 5.61. The first-order chi connectivity index (χ1) is 14.5. The summed E-state index contributed by atoms with van der Waals surface area (Å²) in [6, 6.07) is 12.6. The lowest BCUT2D eigenvalue weighted by Gasteiger charge is -2.05. The van der Waals surface area contributed by atoms with Gasteiger partial charge in [0.15, 0.2) is 5.13 Å². The average Bonchev–Trinajstić information content (AvgIpc) is 3.34. The second kappa shape index (κ2) is 8.66. The van der Waals surface area contributed by atoms with Crippen LogP contribution in [0.5, 0.6) is 0 Å². The number of nitrogens with zero attached hydrogens (tertiary/aromatic N) is 4. The highest BCUT2D eigenvalue weighted by Gasteiger charge is 2.10. The minimum Gasteiger partial charge on any atom is -0.332 e. The van der Waals surface area contributed by atoms with Crippen molar-refractivity contribution in [3.63, 3.8) is 0 Å². The van der Waals surface area contributed by atoms with E-state index >= 15 is 0 Å². The third kappa shape index (κ3) is 4.94. The molecule has 0 aliphatic heterocycles. The molecular weight excluding hydrogens is 409 g/mol. The molecule has 0 spiro atoms. The summed E-state index contributed by atoms with van der Waals surface area (Å²) < 4.78 is 15.2. The molecule has 0 radical (unpaired) electrons. The quantitative estimate of drug-likeness (QED) is 0.439. The fraction of sp³-hybridized carbons (Fsp3) is 0.105. The predicted octanol–water partition coefficient (Wildman–Crippen LogP) is 2.99. The monoisotopic (exact) mass is 425 g/mol. The first kappa shape index (κ1) is 19.5. The van der Waals surface area contributed by atoms with Gasteiger partial charge in [0, 0.05) is 5.69 Å². The Morgan fingerprint density at radius 3 is 2.67 bits per heavy atom. The van der Waals surface area contributed by atoms with Crippen LogP contribution in [0.1, 0.15) is 5.69 Å². The zero-order chi connectivity index (χ0) is 20.9. The van der Waals surface area contributed by atoms with Crippen LogP contribution in [-0.2, 0) is 17.9 Å². The van der Waals surface area contributed by atoms with Crippen LogP contribution in [-0.4, -0.2) is 31.9 Å². The van der Waals surface area contributed by atoms with Crippen LogP contribution < -0.4 is 16.0 Å². The second-order valence-electron chi connectivity index (χ2n) is 6.26. The van der Waals surface area contributed by atoms with Crippen molar-refractivity contribution in [2.24, 2.45) is 0 Å². The van der Waals surface area contributed by atoms with Crippen LogP contribution in [0.15, 0.2) is 54.7 Å². The molecule has 30 heavy (non-hydrogen) atoms. The fourth-order valence-electron chi connectivity index (χ4n) is 2.61. The number of hydrogen-bond donors (Lipinski definition) is 3. The van der Waals surface area contributed by atoms with E-state index in [0.29, 0.717) is 16.5 Å². The van der Waals surface area contributed by atoms with Crippen LogP contribution >= 0.6 is 11.3 Å². The Balaban J connectivity index is 1.26. The minimum atomic E-state index is -0.468. The number of nitrogens with one attached hydrogen (secondary N) is 3. The molecule has 2 heterocycles. The molecule has 0 aliphatic rings. The van der Waals surface area contributed by atoms with Crippen molar-refractivity contribution >= 4 is 44.3 Å². The number of hydrogen-bond acceptors (Lipinski definition) is 6. The molecule has 4 rings (SSSR count). The molecule has 11 heteroatoms. The number of para-hydroxylation sites is 1. The highest BCUT2D eigenvalue weighted by atomic mass is 32.1. The van der Waals surface area contributed by atoms with Gasteiger partial charge in [-0.2, -0.15) is 0 Å². The molecule has 4 aromatic rings. The zero-order valence-corrected chi connectivity index (χ0v) is 16.3. The number of fused-ring (bicyclic) bond motifs is 1. The van der Waals surface area contributed by atoms with Crippen molar-refractivity contribution in [1.29, 1.82) is 0 Å². The van der Waals surface area contributed by atoms with E-state index in [9.17, 15) is 14.0 Å². The van der Waals surface area contributed by atoms with E-state index in [1.807, 2.05) is 24.3 Å². The molecule has 2 aromatic carbocycles. The summed E-state index contributed by atoms with van der Waals surface area (Å²) in [5.41, 5.74) is 1.77. The van der Waals surface area contributed by atoms with Crippen molar-refractivity contribution in [2.45, 2.75) is 13.1 Å². The molecule has 0 saturated heterocycles. The molecule has 0 unspecified atom stereocenters. The number of halogens is 1. The van der Waals surface area contributed by atoms with Crippen molar-refractivity contribution in [2.75, 3.05) is 10.6 Å². The number of anilines is 2. The van der Waals surface area contributed by atoms with Crippen LogP contribution in [0, 0.1) is 5.82 Å². The maximum atomic E-state index is 12.9. The fourth-order valence-corrected chi connectivity index (χ4v) is 3.49. The van der Waals surface area contributed by atoms with Gasteiger partial charge in [0.2, 0.25) is 5.91 Å². The number of urea groups is 1. The summed E-state index contributed by atoms with van der Waals surface area (Å²) in [5.74, 6) is -0.669. The average molecular weight is 425 g/mol. The van der Waals surface area contributed by atoms with Gasteiger partial charge in [-0.25, -0.2) is 18.9 Å². The van der Waals surface area contributed by atoms with Gasteiger partial charge in [0.25, 0.3) is 0 Å². The number of carbonyl (C=O) groups excluding carboxylic acids is 2. The van der Waals surface area contributed by atoms with E-state index in [2.05, 4.69) is 31.2 Å². The van der Waals surface area contributed by atoms with Crippen molar-refractivity contribution in [3.05, 3.63) is 66.2 Å². The standard InChI is InChI=1S/C19H16FN7O2S/c20-12-5-7-13(8-6-12)22-18(29)21-9-14-10-27(26-25-14)11-17(28)24-19-23-15-3-1-2-4-16(15)30-19/h1-8,10H,9,11H2,(H2,21,22,29)(H,23,24,28). The van der Waals surface area contributed by atoms with Crippen LogP contribution in [0.2, 0.25) is 0 Å². The van der Waals surface area contributed by atoms with Gasteiger partial charge in [-0.05, 0) is 36.4 Å². The lowest BCUT2D eigenvalue weighted by Crippen LogP contribution is -2.28. The number of rotatable bonds is 6. The lowest BCUT2D eigenvalue weighted by molar-refractivity contribution is -0.116. The maximum Gasteiger partial charge on any atom is 0.319 e. The Morgan fingerprint density at radius 1 is 1.07 bits per heavy atom. The van der Waals surface area contributed by atoms with Crippen molar-refractivity contribution in [3.8, 4) is 0 Å². The normalized spacial score (nSPS) is 10.7. The van der Waals surface area contributed by atoms with E-state index in [-0.39, 0.29) is 24.8 Å². The van der Waals surface area contributed by atoms with E-state index in [0.717, 1.165) is 10.2 Å². The van der Waals surface area contributed by atoms with E-state index < -0.39 is 6.03 Å². The molecule has 2 aromatic heterocycles. The number of thiazole rings is 1. The number of aromatic nitrogens is 4. The summed E-state index contributed by atoms with van der Waals surface area (Å²) >= 11 is 1.39. The van der Waals surface area contributed by atoms with E-state index in [1.165, 1.54) is 40.3 Å². The molecule has 152 valence electrons. The van der Waals surface area contributed by atoms with Crippen LogP contribution in [0.25, 0.3) is 10.2 Å². The van der Waals surface area contributed by atoms with Crippen LogP contribution in [0.3, 0.4) is 0 Å².